The fraction of sp³-hybridized carbons (Fsp3) is 0.0909. The van der Waals surface area contributed by atoms with Crippen LogP contribution in [0.4, 0.5) is 5.69 Å². The summed E-state index contributed by atoms with van der Waals surface area (Å²) in [6.45, 7) is 0. The lowest BCUT2D eigenvalue weighted by atomic mass is 10.3. The van der Waals surface area contributed by atoms with Crippen LogP contribution in [0.1, 0.15) is 4.88 Å². The molecule has 0 saturated heterocycles. The van der Waals surface area contributed by atoms with Gasteiger partial charge in [0.1, 0.15) is 4.90 Å². The van der Waals surface area contributed by atoms with Crippen molar-refractivity contribution in [2.45, 2.75) is 10.6 Å². The summed E-state index contributed by atoms with van der Waals surface area (Å²) in [6, 6.07) is 7.97. The number of hydrogen-bond acceptors (Lipinski definition) is 4. The largest absolute Gasteiger partial charge is 0.398 e. The molecule has 1 heterocycles. The van der Waals surface area contributed by atoms with Gasteiger partial charge in [0.2, 0.25) is 0 Å². The summed E-state index contributed by atoms with van der Waals surface area (Å²) in [7, 11) is -3.57. The Hall–Kier alpha value is -0.750. The quantitative estimate of drug-likeness (QED) is 0.878. The first-order valence-corrected chi connectivity index (χ1v) is 8.13. The summed E-state index contributed by atoms with van der Waals surface area (Å²) in [5.74, 6) is -0.154. The molecule has 18 heavy (non-hydrogen) atoms. The predicted molar refractivity (Wildman–Crippen MR) is 76.1 cm³/mol. The molecule has 2 rings (SSSR count). The van der Waals surface area contributed by atoms with E-state index in [1.807, 2.05) is 0 Å². The minimum Gasteiger partial charge on any atom is -0.398 e. The third-order valence-corrected chi connectivity index (χ3v) is 5.88. The molecule has 2 N–H and O–H groups in total. The number of thiophene rings is 1. The molecule has 1 aromatic heterocycles. The van der Waals surface area contributed by atoms with E-state index in [2.05, 4.69) is 0 Å². The highest BCUT2D eigenvalue weighted by molar-refractivity contribution is 7.91. The molecular weight excluding hydrogens is 313 g/mol. The van der Waals surface area contributed by atoms with Crippen molar-refractivity contribution in [1.29, 1.82) is 0 Å². The van der Waals surface area contributed by atoms with Crippen molar-refractivity contribution in [2.75, 3.05) is 5.73 Å². The van der Waals surface area contributed by atoms with Crippen molar-refractivity contribution in [3.8, 4) is 0 Å². The van der Waals surface area contributed by atoms with E-state index in [1.165, 1.54) is 23.5 Å². The molecule has 3 nitrogen and oxygen atoms in total. The molecule has 7 heteroatoms. The second-order valence-electron chi connectivity index (χ2n) is 3.62. The predicted octanol–water partition coefficient (Wildman–Crippen LogP) is 3.61. The molecule has 0 fully saturated rings. The van der Waals surface area contributed by atoms with Gasteiger partial charge in [-0.2, -0.15) is 0 Å². The first-order valence-electron chi connectivity index (χ1n) is 4.91. The molecular formula is C11H9Cl2NO2S2. The fourth-order valence-corrected chi connectivity index (χ4v) is 5.07. The molecule has 0 aliphatic carbocycles. The molecule has 0 spiro atoms. The summed E-state index contributed by atoms with van der Waals surface area (Å²) < 4.78 is 25.1. The average molecular weight is 322 g/mol. The smallest absolute Gasteiger partial charge is 0.186 e. The SMILES string of the molecule is Nc1cccc(Cl)c1S(=O)(=O)Cc1ccc(Cl)s1. The molecule has 0 unspecified atom stereocenters. The van der Waals surface area contributed by atoms with Gasteiger partial charge in [0.15, 0.2) is 9.84 Å². The van der Waals surface area contributed by atoms with Crippen molar-refractivity contribution >= 4 is 50.1 Å². The zero-order valence-electron chi connectivity index (χ0n) is 9.06. The van der Waals surface area contributed by atoms with E-state index in [1.54, 1.807) is 18.2 Å². The van der Waals surface area contributed by atoms with Crippen molar-refractivity contribution in [3.05, 3.63) is 44.6 Å². The lowest BCUT2D eigenvalue weighted by molar-refractivity contribution is 0.596. The lowest BCUT2D eigenvalue weighted by Crippen LogP contribution is -2.07. The molecule has 0 amide bonds. The Balaban J connectivity index is 2.43. The van der Waals surface area contributed by atoms with Gasteiger partial charge in [-0.1, -0.05) is 29.3 Å². The van der Waals surface area contributed by atoms with Gasteiger partial charge in [0.25, 0.3) is 0 Å². The van der Waals surface area contributed by atoms with E-state index >= 15 is 0 Å². The van der Waals surface area contributed by atoms with Crippen LogP contribution in [0, 0.1) is 0 Å². The van der Waals surface area contributed by atoms with Crippen LogP contribution >= 0.6 is 34.5 Å². The normalized spacial score (nSPS) is 11.7. The fourth-order valence-electron chi connectivity index (χ4n) is 1.54. The highest BCUT2D eigenvalue weighted by Gasteiger charge is 2.22. The Bertz CT molecular complexity index is 660. The van der Waals surface area contributed by atoms with Gasteiger partial charge in [-0.15, -0.1) is 11.3 Å². The number of sulfone groups is 1. The van der Waals surface area contributed by atoms with Gasteiger partial charge in [-0.05, 0) is 24.3 Å². The summed E-state index contributed by atoms with van der Waals surface area (Å²) in [5, 5.41) is 0.137. The van der Waals surface area contributed by atoms with E-state index in [-0.39, 0.29) is 21.4 Å². The molecule has 0 saturated carbocycles. The number of hydrogen-bond donors (Lipinski definition) is 1. The average Bonchev–Trinajstić information content (AvgIpc) is 2.62. The van der Waals surface area contributed by atoms with Crippen LogP contribution in [0.25, 0.3) is 0 Å². The van der Waals surface area contributed by atoms with E-state index in [4.69, 9.17) is 28.9 Å². The zero-order valence-corrected chi connectivity index (χ0v) is 12.2. The summed E-state index contributed by atoms with van der Waals surface area (Å²) in [4.78, 5) is 0.635. The Labute approximate surface area is 119 Å². The summed E-state index contributed by atoms with van der Waals surface area (Å²) in [6.07, 6.45) is 0. The topological polar surface area (TPSA) is 60.2 Å². The molecule has 0 bridgehead atoms. The van der Waals surface area contributed by atoms with Crippen LogP contribution < -0.4 is 5.73 Å². The van der Waals surface area contributed by atoms with Gasteiger partial charge in [0, 0.05) is 4.88 Å². The minimum atomic E-state index is -3.57. The first-order chi connectivity index (χ1) is 8.40. The maximum Gasteiger partial charge on any atom is 0.186 e. The molecule has 0 aliphatic heterocycles. The molecule has 2 aromatic rings. The number of benzene rings is 1. The van der Waals surface area contributed by atoms with Crippen LogP contribution in [-0.2, 0) is 15.6 Å². The van der Waals surface area contributed by atoms with Crippen molar-refractivity contribution in [1.82, 2.24) is 0 Å². The lowest BCUT2D eigenvalue weighted by Gasteiger charge is -2.08. The third kappa shape index (κ3) is 2.80. The monoisotopic (exact) mass is 321 g/mol. The van der Waals surface area contributed by atoms with Gasteiger partial charge in [0.05, 0.1) is 20.8 Å². The number of anilines is 1. The van der Waals surface area contributed by atoms with E-state index in [0.29, 0.717) is 9.21 Å². The van der Waals surface area contributed by atoms with E-state index < -0.39 is 9.84 Å². The maximum atomic E-state index is 12.3. The Kier molecular flexibility index (Phi) is 3.87. The molecule has 0 radical (unpaired) electrons. The third-order valence-electron chi connectivity index (χ3n) is 2.27. The standard InChI is InChI=1S/C11H9Cl2NO2S2/c12-8-2-1-3-9(14)11(8)18(15,16)6-7-4-5-10(13)17-7/h1-5H,6,14H2. The zero-order chi connectivity index (χ0) is 13.3. The van der Waals surface area contributed by atoms with Crippen LogP contribution in [-0.4, -0.2) is 8.42 Å². The van der Waals surface area contributed by atoms with E-state index in [9.17, 15) is 8.42 Å². The molecule has 0 aliphatic rings. The first kappa shape index (κ1) is 13.7. The van der Waals surface area contributed by atoms with Gasteiger partial charge >= 0.3 is 0 Å². The van der Waals surface area contributed by atoms with Gasteiger partial charge in [-0.25, -0.2) is 8.42 Å². The van der Waals surface area contributed by atoms with Crippen LogP contribution in [0.15, 0.2) is 35.2 Å². The van der Waals surface area contributed by atoms with Crippen molar-refractivity contribution in [2.24, 2.45) is 0 Å². The molecule has 1 aromatic carbocycles. The second-order valence-corrected chi connectivity index (χ2v) is 7.76. The Morgan fingerprint density at radius 1 is 1.17 bits per heavy atom. The summed E-state index contributed by atoms with van der Waals surface area (Å²) in [5.41, 5.74) is 5.84. The highest BCUT2D eigenvalue weighted by atomic mass is 35.5. The van der Waals surface area contributed by atoms with Crippen LogP contribution in [0.2, 0.25) is 9.36 Å². The molecule has 96 valence electrons. The summed E-state index contributed by atoms with van der Waals surface area (Å²) >= 11 is 12.9. The number of halogens is 2. The highest BCUT2D eigenvalue weighted by Crippen LogP contribution is 2.32. The Morgan fingerprint density at radius 2 is 1.89 bits per heavy atom. The van der Waals surface area contributed by atoms with Gasteiger partial charge < -0.3 is 5.73 Å². The maximum absolute atomic E-state index is 12.3. The van der Waals surface area contributed by atoms with Crippen LogP contribution in [0.5, 0.6) is 0 Å². The van der Waals surface area contributed by atoms with Gasteiger partial charge in [-0.3, -0.25) is 0 Å². The molecule has 0 atom stereocenters. The number of nitrogen functional groups attached to an aromatic ring is 1. The minimum absolute atomic E-state index is 0.0174. The Morgan fingerprint density at radius 3 is 2.44 bits per heavy atom. The van der Waals surface area contributed by atoms with E-state index in [0.717, 1.165) is 0 Å². The number of rotatable bonds is 3. The number of nitrogens with two attached hydrogens (primary N) is 1. The van der Waals surface area contributed by atoms with Crippen LogP contribution in [0.3, 0.4) is 0 Å². The van der Waals surface area contributed by atoms with Crippen molar-refractivity contribution < 1.29 is 8.42 Å². The second kappa shape index (κ2) is 5.09. The van der Waals surface area contributed by atoms with Crippen molar-refractivity contribution in [3.63, 3.8) is 0 Å².